The van der Waals surface area contributed by atoms with Gasteiger partial charge in [-0.1, -0.05) is 20.8 Å². The van der Waals surface area contributed by atoms with E-state index < -0.39 is 0 Å². The van der Waals surface area contributed by atoms with E-state index in [1.54, 1.807) is 7.05 Å². The summed E-state index contributed by atoms with van der Waals surface area (Å²) in [4.78, 5) is 6.98. The fraction of sp³-hybridized carbons (Fsp3) is 0.688. The van der Waals surface area contributed by atoms with E-state index in [1.165, 1.54) is 9.75 Å². The molecule has 0 bridgehead atoms. The molecule has 0 radical (unpaired) electrons. The standard InChI is InChI=1S/C16H29N3OS.HI/c1-5-14-6-7-15(21-14)12-19-16(17-4)18-9-11-20-10-8-13(2)3;/h6-7,13H,5,8-12H2,1-4H3,(H2,17,18,19);1H. The summed E-state index contributed by atoms with van der Waals surface area (Å²) in [5.74, 6) is 1.53. The van der Waals surface area contributed by atoms with Crippen molar-refractivity contribution in [2.75, 3.05) is 26.8 Å². The van der Waals surface area contributed by atoms with E-state index in [-0.39, 0.29) is 24.0 Å². The Bertz CT molecular complexity index is 421. The molecule has 0 aliphatic heterocycles. The van der Waals surface area contributed by atoms with Crippen LogP contribution < -0.4 is 10.6 Å². The van der Waals surface area contributed by atoms with Crippen molar-refractivity contribution in [3.05, 3.63) is 21.9 Å². The third-order valence-electron chi connectivity index (χ3n) is 3.10. The summed E-state index contributed by atoms with van der Waals surface area (Å²) in [6.07, 6.45) is 2.22. The average Bonchev–Trinajstić information content (AvgIpc) is 2.93. The van der Waals surface area contributed by atoms with Crippen LogP contribution in [0.15, 0.2) is 17.1 Å². The third-order valence-corrected chi connectivity index (χ3v) is 4.33. The molecule has 4 nitrogen and oxygen atoms in total. The largest absolute Gasteiger partial charge is 0.380 e. The van der Waals surface area contributed by atoms with Gasteiger partial charge in [0.25, 0.3) is 0 Å². The van der Waals surface area contributed by atoms with Crippen molar-refractivity contribution in [2.24, 2.45) is 10.9 Å². The van der Waals surface area contributed by atoms with Gasteiger partial charge < -0.3 is 15.4 Å². The first-order chi connectivity index (χ1) is 10.2. The Morgan fingerprint density at radius 1 is 1.23 bits per heavy atom. The first-order valence-corrected chi connectivity index (χ1v) is 8.57. The molecule has 2 N–H and O–H groups in total. The first kappa shape index (κ1) is 21.7. The molecule has 0 unspecified atom stereocenters. The van der Waals surface area contributed by atoms with E-state index >= 15 is 0 Å². The minimum atomic E-state index is 0. The van der Waals surface area contributed by atoms with Crippen molar-refractivity contribution in [1.29, 1.82) is 0 Å². The van der Waals surface area contributed by atoms with Crippen molar-refractivity contribution in [1.82, 2.24) is 10.6 Å². The predicted molar refractivity (Wildman–Crippen MR) is 108 cm³/mol. The lowest BCUT2D eigenvalue weighted by molar-refractivity contribution is 0.128. The molecule has 1 rings (SSSR count). The molecule has 0 saturated heterocycles. The number of ether oxygens (including phenoxy) is 1. The van der Waals surface area contributed by atoms with E-state index in [9.17, 15) is 0 Å². The molecule has 0 aliphatic carbocycles. The van der Waals surface area contributed by atoms with Crippen molar-refractivity contribution in [2.45, 2.75) is 40.2 Å². The molecule has 1 heterocycles. The van der Waals surface area contributed by atoms with Gasteiger partial charge in [0.15, 0.2) is 5.96 Å². The molecule has 0 fully saturated rings. The summed E-state index contributed by atoms with van der Waals surface area (Å²) >= 11 is 1.85. The Morgan fingerprint density at radius 3 is 2.55 bits per heavy atom. The number of nitrogens with one attached hydrogen (secondary N) is 2. The van der Waals surface area contributed by atoms with Gasteiger partial charge in [-0.2, -0.15) is 0 Å². The topological polar surface area (TPSA) is 45.7 Å². The second kappa shape index (κ2) is 13.1. The third kappa shape index (κ3) is 9.63. The zero-order valence-corrected chi connectivity index (χ0v) is 17.3. The second-order valence-electron chi connectivity index (χ2n) is 5.37. The highest BCUT2D eigenvalue weighted by Gasteiger charge is 2.01. The maximum atomic E-state index is 5.58. The summed E-state index contributed by atoms with van der Waals surface area (Å²) in [5, 5.41) is 6.59. The van der Waals surface area contributed by atoms with Crippen LogP contribution in [0.3, 0.4) is 0 Å². The number of aryl methyl sites for hydroxylation is 1. The Hall–Kier alpha value is -0.340. The number of thiophene rings is 1. The number of hydrogen-bond donors (Lipinski definition) is 2. The lowest BCUT2D eigenvalue weighted by Crippen LogP contribution is -2.38. The van der Waals surface area contributed by atoms with Crippen LogP contribution in [0.4, 0.5) is 0 Å². The molecule has 0 aliphatic rings. The summed E-state index contributed by atoms with van der Waals surface area (Å²) in [6, 6.07) is 4.37. The highest BCUT2D eigenvalue weighted by molar-refractivity contribution is 14.0. The summed E-state index contributed by atoms with van der Waals surface area (Å²) < 4.78 is 5.58. The molecule has 128 valence electrons. The zero-order valence-electron chi connectivity index (χ0n) is 14.1. The zero-order chi connectivity index (χ0) is 15.5. The number of aliphatic imine (C=N–C) groups is 1. The summed E-state index contributed by atoms with van der Waals surface area (Å²) in [6.45, 7) is 9.75. The van der Waals surface area contributed by atoms with E-state index in [1.807, 2.05) is 11.3 Å². The van der Waals surface area contributed by atoms with Gasteiger partial charge in [0, 0.05) is 30.0 Å². The van der Waals surface area contributed by atoms with Gasteiger partial charge in [0.05, 0.1) is 13.2 Å². The Labute approximate surface area is 156 Å². The molecule has 1 aromatic heterocycles. The molecule has 0 aromatic carbocycles. The number of rotatable bonds is 9. The van der Waals surface area contributed by atoms with Crippen LogP contribution in [-0.2, 0) is 17.7 Å². The number of hydrogen-bond acceptors (Lipinski definition) is 3. The second-order valence-corrected chi connectivity index (χ2v) is 6.62. The van der Waals surface area contributed by atoms with E-state index in [4.69, 9.17) is 4.74 Å². The fourth-order valence-electron chi connectivity index (χ4n) is 1.76. The normalized spacial score (nSPS) is 11.4. The molecular formula is C16H30IN3OS. The maximum Gasteiger partial charge on any atom is 0.191 e. The van der Waals surface area contributed by atoms with Crippen molar-refractivity contribution in [3.8, 4) is 0 Å². The molecule has 22 heavy (non-hydrogen) atoms. The van der Waals surface area contributed by atoms with E-state index in [0.717, 1.165) is 38.5 Å². The predicted octanol–water partition coefficient (Wildman–Crippen LogP) is 3.66. The van der Waals surface area contributed by atoms with Crippen LogP contribution in [-0.4, -0.2) is 32.8 Å². The van der Waals surface area contributed by atoms with E-state index in [2.05, 4.69) is 48.5 Å². The monoisotopic (exact) mass is 439 g/mol. The maximum absolute atomic E-state index is 5.58. The molecule has 6 heteroatoms. The van der Waals surface area contributed by atoms with Crippen LogP contribution in [0.1, 0.15) is 36.9 Å². The number of halogens is 1. The number of nitrogens with zero attached hydrogens (tertiary/aromatic N) is 1. The van der Waals surface area contributed by atoms with Crippen LogP contribution in [0.25, 0.3) is 0 Å². The van der Waals surface area contributed by atoms with Crippen molar-refractivity contribution >= 4 is 41.3 Å². The molecule has 0 amide bonds. The van der Waals surface area contributed by atoms with Gasteiger partial charge >= 0.3 is 0 Å². The molecule has 1 aromatic rings. The van der Waals surface area contributed by atoms with Crippen molar-refractivity contribution in [3.63, 3.8) is 0 Å². The lowest BCUT2D eigenvalue weighted by Gasteiger charge is -2.11. The molecule has 0 spiro atoms. The van der Waals surface area contributed by atoms with E-state index in [0.29, 0.717) is 12.5 Å². The smallest absolute Gasteiger partial charge is 0.191 e. The summed E-state index contributed by atoms with van der Waals surface area (Å²) in [7, 11) is 1.79. The fourth-order valence-corrected chi connectivity index (χ4v) is 2.66. The Morgan fingerprint density at radius 2 is 1.95 bits per heavy atom. The average molecular weight is 439 g/mol. The number of guanidine groups is 1. The molecular weight excluding hydrogens is 409 g/mol. The van der Waals surface area contributed by atoms with Gasteiger partial charge in [0.2, 0.25) is 0 Å². The quantitative estimate of drug-likeness (QED) is 0.267. The van der Waals surface area contributed by atoms with Gasteiger partial charge in [-0.15, -0.1) is 35.3 Å². The van der Waals surface area contributed by atoms with Gasteiger partial charge in [0.1, 0.15) is 0 Å². The van der Waals surface area contributed by atoms with Crippen LogP contribution in [0.5, 0.6) is 0 Å². The highest BCUT2D eigenvalue weighted by atomic mass is 127. The van der Waals surface area contributed by atoms with Crippen LogP contribution in [0.2, 0.25) is 0 Å². The van der Waals surface area contributed by atoms with Gasteiger partial charge in [-0.3, -0.25) is 4.99 Å². The molecule has 0 atom stereocenters. The van der Waals surface area contributed by atoms with Crippen molar-refractivity contribution < 1.29 is 4.74 Å². The van der Waals surface area contributed by atoms with Gasteiger partial charge in [-0.05, 0) is 30.9 Å². The Kier molecular flexibility index (Phi) is 12.9. The SMILES string of the molecule is CCc1ccc(CNC(=NC)NCCOCCC(C)C)s1.I. The Balaban J connectivity index is 0.00000441. The van der Waals surface area contributed by atoms with Gasteiger partial charge in [-0.25, -0.2) is 0 Å². The lowest BCUT2D eigenvalue weighted by atomic mass is 10.1. The summed E-state index contributed by atoms with van der Waals surface area (Å²) in [5.41, 5.74) is 0. The van der Waals surface area contributed by atoms with Crippen LogP contribution >= 0.6 is 35.3 Å². The molecule has 0 saturated carbocycles. The highest BCUT2D eigenvalue weighted by Crippen LogP contribution is 2.16. The van der Waals surface area contributed by atoms with Crippen LogP contribution in [0, 0.1) is 5.92 Å². The first-order valence-electron chi connectivity index (χ1n) is 7.75. The minimum absolute atomic E-state index is 0. The minimum Gasteiger partial charge on any atom is -0.380 e.